The van der Waals surface area contributed by atoms with Crippen molar-refractivity contribution in [2.75, 3.05) is 5.73 Å². The van der Waals surface area contributed by atoms with Crippen LogP contribution < -0.4 is 10.5 Å². The van der Waals surface area contributed by atoms with Crippen molar-refractivity contribution in [1.82, 2.24) is 9.97 Å². The van der Waals surface area contributed by atoms with Gasteiger partial charge in [0.15, 0.2) is 0 Å². The summed E-state index contributed by atoms with van der Waals surface area (Å²) < 4.78 is 5.51. The number of rotatable bonds is 4. The highest BCUT2D eigenvalue weighted by Crippen LogP contribution is 2.25. The van der Waals surface area contributed by atoms with Gasteiger partial charge in [-0.15, -0.1) is 0 Å². The minimum absolute atomic E-state index is 0.0476. The van der Waals surface area contributed by atoms with E-state index < -0.39 is 4.92 Å². The highest BCUT2D eigenvalue weighted by atomic mass is 16.6. The Balaban J connectivity index is 2.30. The monoisotopic (exact) mass is 274 g/mol. The van der Waals surface area contributed by atoms with E-state index in [4.69, 9.17) is 10.5 Å². The average molecular weight is 274 g/mol. The fourth-order valence-corrected chi connectivity index (χ4v) is 1.55. The first-order chi connectivity index (χ1) is 9.45. The van der Waals surface area contributed by atoms with Crippen LogP contribution in [0, 0.1) is 10.1 Å². The molecule has 0 aliphatic carbocycles. The van der Waals surface area contributed by atoms with Crippen LogP contribution in [0.4, 0.5) is 11.5 Å². The van der Waals surface area contributed by atoms with Crippen LogP contribution in [0.25, 0.3) is 0 Å². The minimum atomic E-state index is -0.485. The maximum absolute atomic E-state index is 10.7. The van der Waals surface area contributed by atoms with Crippen molar-refractivity contribution in [2.24, 2.45) is 0 Å². The topological polar surface area (TPSA) is 104 Å². The molecule has 0 bridgehead atoms. The Labute approximate surface area is 115 Å². The molecular weight excluding hydrogens is 260 g/mol. The number of nitrogens with zero attached hydrogens (tertiary/aromatic N) is 3. The maximum Gasteiger partial charge on any atom is 0.273 e. The zero-order valence-corrected chi connectivity index (χ0v) is 11.1. The van der Waals surface area contributed by atoms with Gasteiger partial charge >= 0.3 is 0 Å². The van der Waals surface area contributed by atoms with E-state index in [0.717, 1.165) is 0 Å². The van der Waals surface area contributed by atoms with Crippen LogP contribution in [-0.4, -0.2) is 14.9 Å². The van der Waals surface area contributed by atoms with E-state index in [1.165, 1.54) is 18.2 Å². The van der Waals surface area contributed by atoms with Crippen molar-refractivity contribution >= 4 is 11.5 Å². The van der Waals surface area contributed by atoms with Crippen molar-refractivity contribution in [3.05, 3.63) is 46.3 Å². The SMILES string of the molecule is CC(C)c1nc(N)cc(Oc2cccc([N+](=O)[O-])c2)n1. The number of nitro benzene ring substituents is 1. The van der Waals surface area contributed by atoms with Gasteiger partial charge in [-0.05, 0) is 6.07 Å². The highest BCUT2D eigenvalue weighted by Gasteiger charge is 2.10. The molecule has 1 heterocycles. The van der Waals surface area contributed by atoms with Gasteiger partial charge in [-0.3, -0.25) is 10.1 Å². The Kier molecular flexibility index (Phi) is 3.79. The summed E-state index contributed by atoms with van der Waals surface area (Å²) in [4.78, 5) is 18.5. The summed E-state index contributed by atoms with van der Waals surface area (Å²) in [6, 6.07) is 7.35. The lowest BCUT2D eigenvalue weighted by Crippen LogP contribution is -2.03. The number of nitrogen functional groups attached to an aromatic ring is 1. The smallest absolute Gasteiger partial charge is 0.273 e. The fraction of sp³-hybridized carbons (Fsp3) is 0.231. The quantitative estimate of drug-likeness (QED) is 0.679. The Hall–Kier alpha value is -2.70. The zero-order chi connectivity index (χ0) is 14.7. The molecule has 0 aliphatic heterocycles. The zero-order valence-electron chi connectivity index (χ0n) is 11.1. The van der Waals surface area contributed by atoms with Gasteiger partial charge in [-0.25, -0.2) is 4.98 Å². The van der Waals surface area contributed by atoms with Crippen LogP contribution in [0.2, 0.25) is 0 Å². The van der Waals surface area contributed by atoms with Crippen LogP contribution >= 0.6 is 0 Å². The highest BCUT2D eigenvalue weighted by molar-refractivity contribution is 5.41. The van der Waals surface area contributed by atoms with E-state index in [2.05, 4.69) is 9.97 Å². The molecule has 7 nitrogen and oxygen atoms in total. The fourth-order valence-electron chi connectivity index (χ4n) is 1.55. The normalized spacial score (nSPS) is 10.6. The van der Waals surface area contributed by atoms with Gasteiger partial charge in [-0.2, -0.15) is 4.98 Å². The van der Waals surface area contributed by atoms with Crippen molar-refractivity contribution in [3.8, 4) is 11.6 Å². The largest absolute Gasteiger partial charge is 0.439 e. The molecule has 7 heteroatoms. The molecule has 20 heavy (non-hydrogen) atoms. The number of anilines is 1. The lowest BCUT2D eigenvalue weighted by atomic mass is 10.2. The van der Waals surface area contributed by atoms with E-state index in [0.29, 0.717) is 17.4 Å². The summed E-state index contributed by atoms with van der Waals surface area (Å²) in [5.41, 5.74) is 5.64. The molecule has 0 aliphatic rings. The number of nitro groups is 1. The van der Waals surface area contributed by atoms with Gasteiger partial charge in [0.25, 0.3) is 5.69 Å². The van der Waals surface area contributed by atoms with Crippen LogP contribution in [0.1, 0.15) is 25.6 Å². The van der Waals surface area contributed by atoms with Crippen LogP contribution in [0.3, 0.4) is 0 Å². The number of benzene rings is 1. The Morgan fingerprint density at radius 3 is 2.70 bits per heavy atom. The van der Waals surface area contributed by atoms with Crippen molar-refractivity contribution < 1.29 is 9.66 Å². The molecule has 2 rings (SSSR count). The third kappa shape index (κ3) is 3.19. The van der Waals surface area contributed by atoms with Crippen molar-refractivity contribution in [3.63, 3.8) is 0 Å². The van der Waals surface area contributed by atoms with E-state index in [-0.39, 0.29) is 17.5 Å². The second kappa shape index (κ2) is 5.52. The number of aromatic nitrogens is 2. The Morgan fingerprint density at radius 2 is 2.05 bits per heavy atom. The molecule has 0 spiro atoms. The second-order valence-corrected chi connectivity index (χ2v) is 4.50. The molecule has 0 saturated heterocycles. The van der Waals surface area contributed by atoms with Crippen molar-refractivity contribution in [1.29, 1.82) is 0 Å². The predicted octanol–water partition coefficient (Wildman–Crippen LogP) is 2.88. The number of hydrogen-bond donors (Lipinski definition) is 1. The average Bonchev–Trinajstić information content (AvgIpc) is 2.38. The Bertz CT molecular complexity index is 643. The van der Waals surface area contributed by atoms with Crippen molar-refractivity contribution in [2.45, 2.75) is 19.8 Å². The minimum Gasteiger partial charge on any atom is -0.439 e. The standard InChI is InChI=1S/C13H14N4O3/c1-8(2)13-15-11(14)7-12(16-13)20-10-5-3-4-9(6-10)17(18)19/h3-8H,1-2H3,(H2,14,15,16). The molecule has 1 aromatic carbocycles. The van der Waals surface area contributed by atoms with E-state index in [1.807, 2.05) is 13.8 Å². The van der Waals surface area contributed by atoms with Gasteiger partial charge < -0.3 is 10.5 Å². The van der Waals surface area contributed by atoms with E-state index in [1.54, 1.807) is 12.1 Å². The van der Waals surface area contributed by atoms with E-state index in [9.17, 15) is 10.1 Å². The third-order valence-corrected chi connectivity index (χ3v) is 2.51. The molecular formula is C13H14N4O3. The molecule has 0 amide bonds. The molecule has 0 atom stereocenters. The maximum atomic E-state index is 10.7. The van der Waals surface area contributed by atoms with Gasteiger partial charge in [0.05, 0.1) is 11.0 Å². The number of ether oxygens (including phenoxy) is 1. The third-order valence-electron chi connectivity index (χ3n) is 2.51. The van der Waals surface area contributed by atoms with Gasteiger partial charge in [-0.1, -0.05) is 19.9 Å². The van der Waals surface area contributed by atoms with Gasteiger partial charge in [0, 0.05) is 18.1 Å². The summed E-state index contributed by atoms with van der Waals surface area (Å²) in [7, 11) is 0. The first-order valence-electron chi connectivity index (χ1n) is 6.02. The van der Waals surface area contributed by atoms with E-state index >= 15 is 0 Å². The van der Waals surface area contributed by atoms with Gasteiger partial charge in [0.2, 0.25) is 5.88 Å². The Morgan fingerprint density at radius 1 is 1.30 bits per heavy atom. The first kappa shape index (κ1) is 13.7. The molecule has 0 radical (unpaired) electrons. The summed E-state index contributed by atoms with van der Waals surface area (Å²) in [5, 5.41) is 10.7. The molecule has 2 aromatic rings. The van der Waals surface area contributed by atoms with Crippen LogP contribution in [0.5, 0.6) is 11.6 Å². The van der Waals surface area contributed by atoms with Crippen LogP contribution in [-0.2, 0) is 0 Å². The second-order valence-electron chi connectivity index (χ2n) is 4.50. The lowest BCUT2D eigenvalue weighted by Gasteiger charge is -2.09. The number of nitrogens with two attached hydrogens (primary N) is 1. The summed E-state index contributed by atoms with van der Waals surface area (Å²) in [5.74, 6) is 1.55. The molecule has 0 saturated carbocycles. The summed E-state index contributed by atoms with van der Waals surface area (Å²) in [6.45, 7) is 3.87. The van der Waals surface area contributed by atoms with Crippen LogP contribution in [0.15, 0.2) is 30.3 Å². The van der Waals surface area contributed by atoms with Gasteiger partial charge in [0.1, 0.15) is 17.4 Å². The molecule has 1 aromatic heterocycles. The molecule has 0 fully saturated rings. The molecule has 2 N–H and O–H groups in total. The lowest BCUT2D eigenvalue weighted by molar-refractivity contribution is -0.384. The molecule has 104 valence electrons. The predicted molar refractivity (Wildman–Crippen MR) is 73.7 cm³/mol. The number of hydrogen-bond acceptors (Lipinski definition) is 6. The molecule has 0 unspecified atom stereocenters. The first-order valence-corrected chi connectivity index (χ1v) is 6.02. The summed E-state index contributed by atoms with van der Waals surface area (Å²) >= 11 is 0. The summed E-state index contributed by atoms with van der Waals surface area (Å²) in [6.07, 6.45) is 0. The number of non-ortho nitro benzene ring substituents is 1.